The van der Waals surface area contributed by atoms with Gasteiger partial charge in [-0.1, -0.05) is 27.2 Å². The molecule has 1 unspecified atom stereocenters. The van der Waals surface area contributed by atoms with Crippen LogP contribution in [0.25, 0.3) is 0 Å². The van der Waals surface area contributed by atoms with Gasteiger partial charge in [0, 0.05) is 12.5 Å². The standard InChI is InChI=1S/C12H25NO/c1-5-8-9-13(11(4)6-2)10-12(14)7-3/h11H,5-10H2,1-4H3. The quantitative estimate of drug-likeness (QED) is 0.599. The maximum Gasteiger partial charge on any atom is 0.146 e. The zero-order valence-corrected chi connectivity index (χ0v) is 10.2. The van der Waals surface area contributed by atoms with Gasteiger partial charge in [-0.25, -0.2) is 0 Å². The number of ketones is 1. The van der Waals surface area contributed by atoms with Gasteiger partial charge in [0.25, 0.3) is 0 Å². The highest BCUT2D eigenvalue weighted by Crippen LogP contribution is 2.06. The molecule has 2 nitrogen and oxygen atoms in total. The molecule has 0 aromatic rings. The molecule has 0 saturated carbocycles. The third-order valence-corrected chi connectivity index (χ3v) is 2.79. The number of carbonyl (C=O) groups excluding carboxylic acids is 1. The van der Waals surface area contributed by atoms with Gasteiger partial charge >= 0.3 is 0 Å². The fraction of sp³-hybridized carbons (Fsp3) is 0.917. The second-order valence-corrected chi connectivity index (χ2v) is 3.97. The number of hydrogen-bond donors (Lipinski definition) is 0. The molecule has 0 bridgehead atoms. The van der Waals surface area contributed by atoms with Crippen LogP contribution in [0.1, 0.15) is 53.4 Å². The van der Waals surface area contributed by atoms with Crippen LogP contribution in [0.2, 0.25) is 0 Å². The van der Waals surface area contributed by atoms with Gasteiger partial charge < -0.3 is 0 Å². The van der Waals surface area contributed by atoms with Crippen molar-refractivity contribution >= 4 is 5.78 Å². The van der Waals surface area contributed by atoms with E-state index in [-0.39, 0.29) is 0 Å². The van der Waals surface area contributed by atoms with Crippen LogP contribution in [0.3, 0.4) is 0 Å². The lowest BCUT2D eigenvalue weighted by molar-refractivity contribution is -0.120. The highest BCUT2D eigenvalue weighted by atomic mass is 16.1. The summed E-state index contributed by atoms with van der Waals surface area (Å²) >= 11 is 0. The van der Waals surface area contributed by atoms with Crippen molar-refractivity contribution in [1.82, 2.24) is 4.90 Å². The van der Waals surface area contributed by atoms with E-state index in [4.69, 9.17) is 0 Å². The molecule has 1 atom stereocenters. The summed E-state index contributed by atoms with van der Waals surface area (Å²) < 4.78 is 0. The molecule has 0 heterocycles. The summed E-state index contributed by atoms with van der Waals surface area (Å²) in [5, 5.41) is 0. The van der Waals surface area contributed by atoms with Crippen molar-refractivity contribution < 1.29 is 4.79 Å². The Bertz CT molecular complexity index is 156. The molecule has 0 aliphatic carbocycles. The maximum atomic E-state index is 11.4. The third kappa shape index (κ3) is 5.38. The molecule has 0 fully saturated rings. The Morgan fingerprint density at radius 3 is 2.36 bits per heavy atom. The monoisotopic (exact) mass is 199 g/mol. The van der Waals surface area contributed by atoms with Crippen LogP contribution in [-0.2, 0) is 4.79 Å². The van der Waals surface area contributed by atoms with Gasteiger partial charge in [-0.15, -0.1) is 0 Å². The topological polar surface area (TPSA) is 20.3 Å². The molecule has 2 heteroatoms. The summed E-state index contributed by atoms with van der Waals surface area (Å²) in [5.41, 5.74) is 0. The van der Waals surface area contributed by atoms with Crippen molar-refractivity contribution in [3.8, 4) is 0 Å². The van der Waals surface area contributed by atoms with Crippen molar-refractivity contribution in [2.75, 3.05) is 13.1 Å². The smallest absolute Gasteiger partial charge is 0.146 e. The number of unbranched alkanes of at least 4 members (excludes halogenated alkanes) is 1. The predicted molar refractivity (Wildman–Crippen MR) is 61.5 cm³/mol. The highest BCUT2D eigenvalue weighted by Gasteiger charge is 2.13. The zero-order chi connectivity index (χ0) is 11.0. The van der Waals surface area contributed by atoms with Crippen molar-refractivity contribution in [2.45, 2.75) is 59.4 Å². The van der Waals surface area contributed by atoms with Crippen molar-refractivity contribution in [1.29, 1.82) is 0 Å². The first-order chi connectivity index (χ1) is 6.65. The van der Waals surface area contributed by atoms with E-state index in [2.05, 4.69) is 25.7 Å². The summed E-state index contributed by atoms with van der Waals surface area (Å²) in [6.07, 6.45) is 4.19. The van der Waals surface area contributed by atoms with E-state index >= 15 is 0 Å². The van der Waals surface area contributed by atoms with Gasteiger partial charge in [-0.2, -0.15) is 0 Å². The lowest BCUT2D eigenvalue weighted by Gasteiger charge is -2.27. The first-order valence-electron chi connectivity index (χ1n) is 5.91. The van der Waals surface area contributed by atoms with E-state index < -0.39 is 0 Å². The minimum absolute atomic E-state index is 0.362. The van der Waals surface area contributed by atoms with E-state index in [0.29, 0.717) is 24.8 Å². The minimum atomic E-state index is 0.362. The third-order valence-electron chi connectivity index (χ3n) is 2.79. The van der Waals surface area contributed by atoms with Crippen molar-refractivity contribution in [2.24, 2.45) is 0 Å². The van der Waals surface area contributed by atoms with Crippen LogP contribution in [-0.4, -0.2) is 29.8 Å². The molecule has 0 radical (unpaired) electrons. The van der Waals surface area contributed by atoms with Gasteiger partial charge in [-0.3, -0.25) is 9.69 Å². The lowest BCUT2D eigenvalue weighted by Crippen LogP contribution is -2.37. The maximum absolute atomic E-state index is 11.4. The van der Waals surface area contributed by atoms with Crippen LogP contribution < -0.4 is 0 Å². The second-order valence-electron chi connectivity index (χ2n) is 3.97. The number of nitrogens with zero attached hydrogens (tertiary/aromatic N) is 1. The van der Waals surface area contributed by atoms with Crippen LogP contribution in [0, 0.1) is 0 Å². The first kappa shape index (κ1) is 13.6. The van der Waals surface area contributed by atoms with Gasteiger partial charge in [0.1, 0.15) is 5.78 Å². The van der Waals surface area contributed by atoms with Crippen LogP contribution in [0.15, 0.2) is 0 Å². The molecule has 0 aliphatic heterocycles. The summed E-state index contributed by atoms with van der Waals surface area (Å²) in [6, 6.07) is 0.539. The van der Waals surface area contributed by atoms with E-state index in [0.717, 1.165) is 13.0 Å². The van der Waals surface area contributed by atoms with Crippen LogP contribution in [0.4, 0.5) is 0 Å². The largest absolute Gasteiger partial charge is 0.298 e. The van der Waals surface area contributed by atoms with E-state index in [1.165, 1.54) is 12.8 Å². The van der Waals surface area contributed by atoms with Gasteiger partial charge in [0.2, 0.25) is 0 Å². The fourth-order valence-corrected chi connectivity index (χ4v) is 1.41. The van der Waals surface area contributed by atoms with Crippen molar-refractivity contribution in [3.05, 3.63) is 0 Å². The number of hydrogen-bond acceptors (Lipinski definition) is 2. The molecular formula is C12H25NO. The Balaban J connectivity index is 4.02. The SMILES string of the molecule is CCCCN(CC(=O)CC)C(C)CC. The minimum Gasteiger partial charge on any atom is -0.298 e. The Morgan fingerprint density at radius 2 is 1.93 bits per heavy atom. The average Bonchev–Trinajstić information content (AvgIpc) is 2.22. The molecule has 0 aliphatic rings. The molecule has 0 amide bonds. The number of Topliss-reactive ketones (excluding diaryl/α,β-unsaturated/α-hetero) is 1. The van der Waals surface area contributed by atoms with Gasteiger partial charge in [0.15, 0.2) is 0 Å². The Hall–Kier alpha value is -0.370. The van der Waals surface area contributed by atoms with E-state index in [1.807, 2.05) is 6.92 Å². The van der Waals surface area contributed by atoms with Crippen molar-refractivity contribution in [3.63, 3.8) is 0 Å². The Kier molecular flexibility index (Phi) is 7.77. The van der Waals surface area contributed by atoms with Gasteiger partial charge in [-0.05, 0) is 26.3 Å². The summed E-state index contributed by atoms with van der Waals surface area (Å²) in [5.74, 6) is 0.362. The van der Waals surface area contributed by atoms with Crippen LogP contribution in [0.5, 0.6) is 0 Å². The van der Waals surface area contributed by atoms with E-state index in [9.17, 15) is 4.79 Å². The molecule has 0 rings (SSSR count). The molecule has 84 valence electrons. The first-order valence-corrected chi connectivity index (χ1v) is 5.91. The highest BCUT2D eigenvalue weighted by molar-refractivity contribution is 5.80. The summed E-state index contributed by atoms with van der Waals surface area (Å²) in [6.45, 7) is 10.2. The molecule has 0 aromatic carbocycles. The van der Waals surface area contributed by atoms with Crippen LogP contribution >= 0.6 is 0 Å². The Labute approximate surface area is 88.7 Å². The molecule has 0 aromatic heterocycles. The predicted octanol–water partition coefficient (Wildman–Crippen LogP) is 2.87. The number of rotatable bonds is 8. The zero-order valence-electron chi connectivity index (χ0n) is 10.2. The lowest BCUT2D eigenvalue weighted by atomic mass is 10.1. The molecular weight excluding hydrogens is 174 g/mol. The Morgan fingerprint density at radius 1 is 1.29 bits per heavy atom. The summed E-state index contributed by atoms with van der Waals surface area (Å²) in [4.78, 5) is 13.7. The number of carbonyl (C=O) groups is 1. The summed E-state index contributed by atoms with van der Waals surface area (Å²) in [7, 11) is 0. The molecule has 0 spiro atoms. The van der Waals surface area contributed by atoms with Gasteiger partial charge in [0.05, 0.1) is 6.54 Å². The van der Waals surface area contributed by atoms with E-state index in [1.54, 1.807) is 0 Å². The average molecular weight is 199 g/mol. The molecule has 14 heavy (non-hydrogen) atoms. The second kappa shape index (κ2) is 7.98. The fourth-order valence-electron chi connectivity index (χ4n) is 1.41. The molecule has 0 N–H and O–H groups in total. The molecule has 0 saturated heterocycles. The normalized spacial score (nSPS) is 13.2.